The highest BCUT2D eigenvalue weighted by molar-refractivity contribution is 5.51. The molecule has 0 spiro atoms. The van der Waals surface area contributed by atoms with Crippen LogP contribution in [0.4, 0.5) is 5.69 Å². The largest absolute Gasteiger partial charge is 0.480 e. The average Bonchev–Trinajstić information content (AvgIpc) is 2.15. The molecule has 0 aliphatic rings. The third kappa shape index (κ3) is 2.11. The number of rotatable bonds is 1. The second-order valence-electron chi connectivity index (χ2n) is 2.19. The lowest BCUT2D eigenvalue weighted by Crippen LogP contribution is -1.94. The van der Waals surface area contributed by atoms with Crippen LogP contribution in [0.5, 0.6) is 5.88 Å². The number of nitrogens with zero attached hydrogens (tertiary/aromatic N) is 2. The number of hydrogen-bond acceptors (Lipinski definition) is 4. The van der Waals surface area contributed by atoms with Crippen molar-refractivity contribution in [3.8, 4) is 23.8 Å². The minimum Gasteiger partial charge on any atom is -0.480 e. The molecule has 0 aromatic carbocycles. The summed E-state index contributed by atoms with van der Waals surface area (Å²) in [6.07, 6.45) is 1.47. The lowest BCUT2D eigenvalue weighted by Gasteiger charge is -2.01. The van der Waals surface area contributed by atoms with Crippen LogP contribution in [0.25, 0.3) is 0 Å². The summed E-state index contributed by atoms with van der Waals surface area (Å²) < 4.78 is 4.92. The molecular weight excluding hydrogens is 166 g/mol. The molecule has 2 N–H and O–H groups in total. The van der Waals surface area contributed by atoms with Crippen LogP contribution in [0, 0.1) is 23.2 Å². The van der Waals surface area contributed by atoms with Gasteiger partial charge in [0.2, 0.25) is 5.88 Å². The van der Waals surface area contributed by atoms with Crippen LogP contribution in [0.1, 0.15) is 5.56 Å². The predicted molar refractivity (Wildman–Crippen MR) is 47.7 cm³/mol. The van der Waals surface area contributed by atoms with Crippen molar-refractivity contribution in [2.75, 3.05) is 12.8 Å². The molecule has 0 bridgehead atoms. The number of nitrogen functional groups attached to an aromatic ring is 1. The summed E-state index contributed by atoms with van der Waals surface area (Å²) in [7, 11) is 1.48. The molecule has 1 heterocycles. The average molecular weight is 173 g/mol. The third-order valence-corrected chi connectivity index (χ3v) is 1.32. The Kier molecular flexibility index (Phi) is 2.73. The molecule has 1 aromatic rings. The monoisotopic (exact) mass is 173 g/mol. The number of nitrogens with two attached hydrogens (primary N) is 1. The first-order valence-electron chi connectivity index (χ1n) is 3.47. The van der Waals surface area contributed by atoms with E-state index in [1.165, 1.54) is 13.3 Å². The topological polar surface area (TPSA) is 71.9 Å². The van der Waals surface area contributed by atoms with Gasteiger partial charge in [0.15, 0.2) is 6.07 Å². The summed E-state index contributed by atoms with van der Waals surface area (Å²) in [6, 6.07) is 3.31. The van der Waals surface area contributed by atoms with E-state index < -0.39 is 0 Å². The SMILES string of the molecule is COc1ncc(N)cc1C#CC#N. The molecule has 0 radical (unpaired) electrons. The molecule has 4 heteroatoms. The summed E-state index contributed by atoms with van der Waals surface area (Å²) in [5, 5.41) is 8.24. The first-order valence-corrected chi connectivity index (χ1v) is 3.47. The Morgan fingerprint density at radius 2 is 2.38 bits per heavy atom. The van der Waals surface area contributed by atoms with Crippen molar-refractivity contribution in [1.82, 2.24) is 4.98 Å². The molecule has 0 unspecified atom stereocenters. The van der Waals surface area contributed by atoms with Gasteiger partial charge in [0.1, 0.15) is 0 Å². The summed E-state index contributed by atoms with van der Waals surface area (Å²) in [5.74, 6) is 5.19. The van der Waals surface area contributed by atoms with Crippen LogP contribution in [0.2, 0.25) is 0 Å². The molecule has 0 amide bonds. The third-order valence-electron chi connectivity index (χ3n) is 1.32. The molecule has 0 saturated heterocycles. The van der Waals surface area contributed by atoms with Crippen molar-refractivity contribution in [3.63, 3.8) is 0 Å². The number of nitriles is 1. The zero-order valence-corrected chi connectivity index (χ0v) is 7.03. The van der Waals surface area contributed by atoms with E-state index in [-0.39, 0.29) is 0 Å². The molecule has 64 valence electrons. The first kappa shape index (κ1) is 8.89. The van der Waals surface area contributed by atoms with Gasteiger partial charge >= 0.3 is 0 Å². The number of hydrogen-bond donors (Lipinski definition) is 1. The smallest absolute Gasteiger partial charge is 0.229 e. The Balaban J connectivity index is 3.17. The van der Waals surface area contributed by atoms with Gasteiger partial charge in [-0.3, -0.25) is 0 Å². The molecule has 0 aliphatic carbocycles. The Bertz CT molecular complexity index is 409. The Hall–Kier alpha value is -2.20. The van der Waals surface area contributed by atoms with Gasteiger partial charge in [-0.15, -0.1) is 0 Å². The van der Waals surface area contributed by atoms with Crippen LogP contribution < -0.4 is 10.5 Å². The van der Waals surface area contributed by atoms with E-state index in [0.717, 1.165) is 0 Å². The maximum Gasteiger partial charge on any atom is 0.229 e. The van der Waals surface area contributed by atoms with E-state index in [9.17, 15) is 0 Å². The molecular formula is C9H7N3O. The van der Waals surface area contributed by atoms with E-state index >= 15 is 0 Å². The van der Waals surface area contributed by atoms with Gasteiger partial charge in [-0.25, -0.2) is 4.98 Å². The van der Waals surface area contributed by atoms with Crippen molar-refractivity contribution in [3.05, 3.63) is 17.8 Å². The van der Waals surface area contributed by atoms with Gasteiger partial charge in [0.25, 0.3) is 0 Å². The highest BCUT2D eigenvalue weighted by atomic mass is 16.5. The highest BCUT2D eigenvalue weighted by Gasteiger charge is 2.00. The van der Waals surface area contributed by atoms with Crippen molar-refractivity contribution >= 4 is 5.69 Å². The van der Waals surface area contributed by atoms with Gasteiger partial charge in [0.05, 0.1) is 24.6 Å². The molecule has 13 heavy (non-hydrogen) atoms. The Morgan fingerprint density at radius 3 is 3.00 bits per heavy atom. The second-order valence-corrected chi connectivity index (χ2v) is 2.19. The van der Waals surface area contributed by atoms with E-state index in [4.69, 9.17) is 15.7 Å². The van der Waals surface area contributed by atoms with Gasteiger partial charge < -0.3 is 10.5 Å². The molecule has 1 aromatic heterocycles. The number of methoxy groups -OCH3 is 1. The Labute approximate surface area is 76.0 Å². The highest BCUT2D eigenvalue weighted by Crippen LogP contribution is 2.15. The fraction of sp³-hybridized carbons (Fsp3) is 0.111. The molecule has 0 saturated carbocycles. The quantitative estimate of drug-likeness (QED) is 0.629. The zero-order chi connectivity index (χ0) is 9.68. The fourth-order valence-electron chi connectivity index (χ4n) is 0.816. The maximum absolute atomic E-state index is 8.24. The van der Waals surface area contributed by atoms with Gasteiger partial charge in [-0.1, -0.05) is 0 Å². The van der Waals surface area contributed by atoms with Crippen molar-refractivity contribution in [2.24, 2.45) is 0 Å². The first-order chi connectivity index (χ1) is 6.27. The van der Waals surface area contributed by atoms with Crippen LogP contribution in [-0.4, -0.2) is 12.1 Å². The lowest BCUT2D eigenvalue weighted by atomic mass is 10.2. The molecule has 0 fully saturated rings. The van der Waals surface area contributed by atoms with Crippen molar-refractivity contribution in [1.29, 1.82) is 5.26 Å². The predicted octanol–water partition coefficient (Wildman–Crippen LogP) is 0.547. The minimum absolute atomic E-state index is 0.372. The van der Waals surface area contributed by atoms with Crippen LogP contribution in [0.3, 0.4) is 0 Å². The molecule has 0 atom stereocenters. The fourth-order valence-corrected chi connectivity index (χ4v) is 0.816. The van der Waals surface area contributed by atoms with E-state index in [1.807, 2.05) is 0 Å². The second kappa shape index (κ2) is 3.99. The van der Waals surface area contributed by atoms with Crippen molar-refractivity contribution in [2.45, 2.75) is 0 Å². The molecule has 1 rings (SSSR count). The lowest BCUT2D eigenvalue weighted by molar-refractivity contribution is 0.397. The van der Waals surface area contributed by atoms with E-state index in [1.54, 1.807) is 12.1 Å². The van der Waals surface area contributed by atoms with Crippen LogP contribution in [-0.2, 0) is 0 Å². The van der Waals surface area contributed by atoms with Gasteiger partial charge in [-0.05, 0) is 12.0 Å². The standard InChI is InChI=1S/C9H7N3O/c1-13-9-7(3-2-4-10)5-8(11)6-12-9/h5-6H,11H2,1H3. The number of ether oxygens (including phenoxy) is 1. The van der Waals surface area contributed by atoms with Gasteiger partial charge in [-0.2, -0.15) is 5.26 Å². The summed E-state index contributed by atoms with van der Waals surface area (Å²) in [5.41, 5.74) is 6.49. The number of pyridine rings is 1. The van der Waals surface area contributed by atoms with E-state index in [0.29, 0.717) is 17.1 Å². The zero-order valence-electron chi connectivity index (χ0n) is 7.03. The summed E-state index contributed by atoms with van der Waals surface area (Å²) in [4.78, 5) is 3.89. The normalized spacial score (nSPS) is 8.00. The molecule has 4 nitrogen and oxygen atoms in total. The summed E-state index contributed by atoms with van der Waals surface area (Å²) in [6.45, 7) is 0. The van der Waals surface area contributed by atoms with Crippen molar-refractivity contribution < 1.29 is 4.74 Å². The van der Waals surface area contributed by atoms with Crippen LogP contribution in [0.15, 0.2) is 12.3 Å². The maximum atomic E-state index is 8.24. The van der Waals surface area contributed by atoms with Gasteiger partial charge in [0, 0.05) is 5.92 Å². The minimum atomic E-state index is 0.372. The van der Waals surface area contributed by atoms with E-state index in [2.05, 4.69) is 16.8 Å². The Morgan fingerprint density at radius 1 is 1.62 bits per heavy atom. The number of anilines is 1. The van der Waals surface area contributed by atoms with Crippen LogP contribution >= 0.6 is 0 Å². The number of aromatic nitrogens is 1. The summed E-state index contributed by atoms with van der Waals surface area (Å²) >= 11 is 0. The molecule has 0 aliphatic heterocycles.